The first-order valence-electron chi connectivity index (χ1n) is 12.8. The van der Waals surface area contributed by atoms with E-state index < -0.39 is 5.97 Å². The molecule has 1 atom stereocenters. The minimum atomic E-state index is -0.867. The average Bonchev–Trinajstić information content (AvgIpc) is 2.93. The molecule has 0 aromatic heterocycles. The fourth-order valence-corrected chi connectivity index (χ4v) is 4.30. The summed E-state index contributed by atoms with van der Waals surface area (Å²) in [5, 5.41) is 9.80. The summed E-state index contributed by atoms with van der Waals surface area (Å²) in [6.07, 6.45) is 3.99. The Labute approximate surface area is 215 Å². The van der Waals surface area contributed by atoms with E-state index in [1.165, 1.54) is 11.1 Å². The maximum Gasteiger partial charge on any atom is 0.331 e. The van der Waals surface area contributed by atoms with E-state index in [-0.39, 0.29) is 5.92 Å². The van der Waals surface area contributed by atoms with Gasteiger partial charge in [0.05, 0.1) is 5.70 Å². The highest BCUT2D eigenvalue weighted by Crippen LogP contribution is 2.33. The van der Waals surface area contributed by atoms with Crippen molar-refractivity contribution in [3.8, 4) is 5.75 Å². The number of aliphatic carboxylic acids is 1. The number of allylic oxidation sites excluding steroid dienone is 2. The van der Waals surface area contributed by atoms with Gasteiger partial charge in [-0.15, -0.1) is 0 Å². The van der Waals surface area contributed by atoms with Gasteiger partial charge in [0.1, 0.15) is 11.5 Å². The number of ether oxygens (including phenoxy) is 1. The van der Waals surface area contributed by atoms with Crippen LogP contribution in [-0.4, -0.2) is 29.1 Å². The molecule has 0 amide bonds. The van der Waals surface area contributed by atoms with Crippen LogP contribution >= 0.6 is 0 Å². The van der Waals surface area contributed by atoms with Gasteiger partial charge >= 0.3 is 5.97 Å². The molecular weight excluding hydrogens is 446 g/mol. The minimum absolute atomic E-state index is 0.0396. The van der Waals surface area contributed by atoms with E-state index in [0.29, 0.717) is 12.0 Å². The van der Waals surface area contributed by atoms with Crippen LogP contribution in [0.4, 0.5) is 0 Å². The molecule has 0 fully saturated rings. The molecule has 0 saturated heterocycles. The fraction of sp³-hybridized carbons (Fsp3) is 0.281. The number of benzene rings is 3. The normalized spacial score (nSPS) is 14.9. The maximum atomic E-state index is 11.9. The fourth-order valence-electron chi connectivity index (χ4n) is 4.30. The van der Waals surface area contributed by atoms with Gasteiger partial charge in [0.2, 0.25) is 0 Å². The van der Waals surface area contributed by atoms with Gasteiger partial charge in [-0.3, -0.25) is 0 Å². The van der Waals surface area contributed by atoms with Crippen molar-refractivity contribution in [2.24, 2.45) is 5.92 Å². The van der Waals surface area contributed by atoms with Gasteiger partial charge in [0.25, 0.3) is 0 Å². The Morgan fingerprint density at radius 2 is 1.31 bits per heavy atom. The average molecular weight is 484 g/mol. The molecule has 1 aliphatic carbocycles. The Bertz CT molecular complexity index is 1090. The second-order valence-electron chi connectivity index (χ2n) is 8.70. The number of para-hydroxylation sites is 1. The maximum absolute atomic E-state index is 11.9. The number of carboxylic acids is 1. The predicted molar refractivity (Wildman–Crippen MR) is 147 cm³/mol. The van der Waals surface area contributed by atoms with Gasteiger partial charge in [-0.2, -0.15) is 0 Å². The highest BCUT2D eigenvalue weighted by molar-refractivity contribution is 5.87. The van der Waals surface area contributed by atoms with E-state index in [9.17, 15) is 9.90 Å². The quantitative estimate of drug-likeness (QED) is 0.333. The zero-order valence-electron chi connectivity index (χ0n) is 21.6. The molecule has 0 spiro atoms. The molecule has 0 heterocycles. The van der Waals surface area contributed by atoms with Crippen molar-refractivity contribution in [2.75, 3.05) is 13.1 Å². The molecule has 0 saturated carbocycles. The Hall–Kier alpha value is -3.79. The molecule has 0 bridgehead atoms. The Morgan fingerprint density at radius 1 is 0.833 bits per heavy atom. The smallest absolute Gasteiger partial charge is 0.331 e. The Kier molecular flexibility index (Phi) is 10.4. The number of nitrogens with zero attached hydrogens (tertiary/aromatic N) is 1. The van der Waals surface area contributed by atoms with Crippen molar-refractivity contribution in [1.82, 2.24) is 4.90 Å². The number of hydrogen-bond acceptors (Lipinski definition) is 3. The van der Waals surface area contributed by atoms with Crippen molar-refractivity contribution in [3.63, 3.8) is 0 Å². The van der Waals surface area contributed by atoms with Crippen LogP contribution in [0.1, 0.15) is 38.3 Å². The summed E-state index contributed by atoms with van der Waals surface area (Å²) in [6.45, 7) is 7.58. The van der Waals surface area contributed by atoms with Gasteiger partial charge in [-0.25, -0.2) is 4.79 Å². The zero-order valence-corrected chi connectivity index (χ0v) is 21.6. The lowest BCUT2D eigenvalue weighted by molar-refractivity contribution is -0.132. The molecule has 4 rings (SSSR count). The molecule has 1 aliphatic rings. The minimum Gasteiger partial charge on any atom is -0.478 e. The van der Waals surface area contributed by atoms with Crippen molar-refractivity contribution in [2.45, 2.75) is 40.0 Å². The molecule has 3 aromatic carbocycles. The van der Waals surface area contributed by atoms with Gasteiger partial charge in [0, 0.05) is 24.6 Å². The highest BCUT2D eigenvalue weighted by Gasteiger charge is 2.28. The summed E-state index contributed by atoms with van der Waals surface area (Å²) in [5.74, 6) is 0.689. The topological polar surface area (TPSA) is 49.8 Å². The second kappa shape index (κ2) is 13.9. The lowest BCUT2D eigenvalue weighted by Crippen LogP contribution is -2.32. The van der Waals surface area contributed by atoms with Crippen LogP contribution in [0.2, 0.25) is 0 Å². The van der Waals surface area contributed by atoms with E-state index in [0.717, 1.165) is 43.1 Å². The van der Waals surface area contributed by atoms with Gasteiger partial charge in [-0.1, -0.05) is 99.6 Å². The van der Waals surface area contributed by atoms with Crippen LogP contribution in [0, 0.1) is 5.92 Å². The molecule has 36 heavy (non-hydrogen) atoms. The summed E-state index contributed by atoms with van der Waals surface area (Å²) in [4.78, 5) is 14.2. The second-order valence-corrected chi connectivity index (χ2v) is 8.70. The van der Waals surface area contributed by atoms with Crippen LogP contribution in [0.3, 0.4) is 0 Å². The first kappa shape index (κ1) is 26.8. The van der Waals surface area contributed by atoms with Gasteiger partial charge in [0.15, 0.2) is 0 Å². The molecule has 3 aromatic rings. The summed E-state index contributed by atoms with van der Waals surface area (Å²) < 4.78 is 6.39. The zero-order chi connectivity index (χ0) is 25.8. The molecule has 188 valence electrons. The molecule has 1 unspecified atom stereocenters. The highest BCUT2D eigenvalue weighted by atomic mass is 16.5. The number of rotatable bonds is 10. The molecule has 4 nitrogen and oxygen atoms in total. The van der Waals surface area contributed by atoms with Crippen LogP contribution in [0.15, 0.2) is 114 Å². The Balaban J connectivity index is 0.00000176. The molecular formula is C32H37NO3. The lowest BCUT2D eigenvalue weighted by atomic mass is 9.91. The van der Waals surface area contributed by atoms with E-state index in [4.69, 9.17) is 4.74 Å². The van der Waals surface area contributed by atoms with Crippen molar-refractivity contribution in [3.05, 3.63) is 125 Å². The lowest BCUT2D eigenvalue weighted by Gasteiger charge is -2.33. The monoisotopic (exact) mass is 483 g/mol. The first-order chi connectivity index (χ1) is 17.6. The third-order valence-corrected chi connectivity index (χ3v) is 6.15. The first-order valence-corrected chi connectivity index (χ1v) is 12.8. The summed E-state index contributed by atoms with van der Waals surface area (Å²) in [5.41, 5.74) is 3.80. The molecule has 4 heteroatoms. The van der Waals surface area contributed by atoms with Crippen LogP contribution < -0.4 is 4.74 Å². The van der Waals surface area contributed by atoms with Gasteiger partial charge < -0.3 is 14.7 Å². The standard InChI is InChI=1S/C30H31NO3.C2H6/c1-23-21-26(30(32)33)22-28(29(23)34-27-15-9-4-10-16-27)31(19-17-24-11-5-2-6-12-24)20-18-25-13-7-3-8-14-25;1-2/h2-16,22-23H,17-21H2,1H3,(H,32,33);1-2H3. The Morgan fingerprint density at radius 3 is 1.78 bits per heavy atom. The van der Waals surface area contributed by atoms with Crippen LogP contribution in [0.5, 0.6) is 5.75 Å². The molecule has 1 N–H and O–H groups in total. The van der Waals surface area contributed by atoms with Crippen molar-refractivity contribution >= 4 is 5.97 Å². The summed E-state index contributed by atoms with van der Waals surface area (Å²) >= 11 is 0. The summed E-state index contributed by atoms with van der Waals surface area (Å²) in [7, 11) is 0. The van der Waals surface area contributed by atoms with E-state index in [1.54, 1.807) is 0 Å². The van der Waals surface area contributed by atoms with Crippen molar-refractivity contribution in [1.29, 1.82) is 0 Å². The molecule has 0 aliphatic heterocycles. The van der Waals surface area contributed by atoms with Crippen molar-refractivity contribution < 1.29 is 14.6 Å². The predicted octanol–water partition coefficient (Wildman–Crippen LogP) is 7.14. The third-order valence-electron chi connectivity index (χ3n) is 6.15. The largest absolute Gasteiger partial charge is 0.478 e. The third kappa shape index (κ3) is 7.61. The summed E-state index contributed by atoms with van der Waals surface area (Å²) in [6, 6.07) is 30.5. The van der Waals surface area contributed by atoms with E-state index in [1.807, 2.05) is 69.3 Å². The van der Waals surface area contributed by atoms with Gasteiger partial charge in [-0.05, 0) is 48.6 Å². The van der Waals surface area contributed by atoms with Crippen LogP contribution in [0.25, 0.3) is 0 Å². The number of hydrogen-bond donors (Lipinski definition) is 1. The SMILES string of the molecule is CC.CC1CC(C(=O)O)=CC(N(CCc2ccccc2)CCc2ccccc2)=C1Oc1ccccc1. The number of carboxylic acid groups (broad SMARTS) is 1. The van der Waals surface area contributed by atoms with Crippen LogP contribution in [-0.2, 0) is 17.6 Å². The number of carbonyl (C=O) groups is 1. The van der Waals surface area contributed by atoms with E-state index in [2.05, 4.69) is 53.4 Å². The van der Waals surface area contributed by atoms with E-state index >= 15 is 0 Å². The molecule has 0 radical (unpaired) electrons.